The van der Waals surface area contributed by atoms with Gasteiger partial charge in [0.2, 0.25) is 0 Å². The largest absolute Gasteiger partial charge is 0.494 e. The van der Waals surface area contributed by atoms with Crippen LogP contribution in [0.2, 0.25) is 0 Å². The van der Waals surface area contributed by atoms with Crippen molar-refractivity contribution in [2.24, 2.45) is 5.92 Å². The van der Waals surface area contributed by atoms with Gasteiger partial charge in [-0.1, -0.05) is 54.6 Å². The lowest BCUT2D eigenvalue weighted by Gasteiger charge is -2.22. The van der Waals surface area contributed by atoms with Crippen molar-refractivity contribution in [1.82, 2.24) is 14.9 Å². The van der Waals surface area contributed by atoms with Gasteiger partial charge in [-0.2, -0.15) is 0 Å². The van der Waals surface area contributed by atoms with E-state index < -0.39 is 0 Å². The van der Waals surface area contributed by atoms with Crippen molar-refractivity contribution in [3.8, 4) is 11.4 Å². The second-order valence-corrected chi connectivity index (χ2v) is 8.70. The molecule has 2 amide bonds. The van der Waals surface area contributed by atoms with Crippen molar-refractivity contribution in [3.63, 3.8) is 0 Å². The Labute approximate surface area is 199 Å². The average molecular weight is 453 g/mol. The number of aromatic nitrogens is 2. The molecular weight excluding hydrogens is 424 g/mol. The highest BCUT2D eigenvalue weighted by Gasteiger charge is 2.33. The number of fused-ring (bicyclic) bond motifs is 1. The van der Waals surface area contributed by atoms with Crippen LogP contribution in [0.4, 0.5) is 10.5 Å². The van der Waals surface area contributed by atoms with Crippen LogP contribution in [0, 0.1) is 12.8 Å². The molecule has 6 heteroatoms. The van der Waals surface area contributed by atoms with E-state index in [4.69, 9.17) is 4.74 Å². The number of urea groups is 1. The Morgan fingerprint density at radius 2 is 1.88 bits per heavy atom. The predicted molar refractivity (Wildman–Crippen MR) is 134 cm³/mol. The molecule has 5 rings (SSSR count). The van der Waals surface area contributed by atoms with Crippen molar-refractivity contribution < 1.29 is 9.53 Å². The number of ether oxygens (including phenoxy) is 1. The fraction of sp³-hybridized carbons (Fsp3) is 0.214. The van der Waals surface area contributed by atoms with Crippen molar-refractivity contribution >= 4 is 11.7 Å². The van der Waals surface area contributed by atoms with Crippen molar-refractivity contribution in [2.75, 3.05) is 19.0 Å². The molecule has 2 N–H and O–H groups in total. The van der Waals surface area contributed by atoms with E-state index in [9.17, 15) is 4.79 Å². The van der Waals surface area contributed by atoms with E-state index in [1.165, 1.54) is 16.7 Å². The van der Waals surface area contributed by atoms with E-state index in [2.05, 4.69) is 64.1 Å². The number of methoxy groups -OCH3 is 1. The van der Waals surface area contributed by atoms with Gasteiger partial charge in [0, 0.05) is 30.4 Å². The summed E-state index contributed by atoms with van der Waals surface area (Å²) in [7, 11) is 1.62. The molecule has 6 nitrogen and oxygen atoms in total. The summed E-state index contributed by atoms with van der Waals surface area (Å²) in [6.07, 6.45) is 4.62. The summed E-state index contributed by atoms with van der Waals surface area (Å²) < 4.78 is 7.45. The lowest BCUT2D eigenvalue weighted by molar-refractivity contribution is 0.250. The molecular formula is C28H28N4O2. The maximum Gasteiger partial charge on any atom is 0.319 e. The third-order valence-electron chi connectivity index (χ3n) is 6.45. The van der Waals surface area contributed by atoms with Gasteiger partial charge in [0.05, 0.1) is 24.8 Å². The summed E-state index contributed by atoms with van der Waals surface area (Å²) in [5.74, 6) is 1.23. The molecule has 4 aromatic rings. The maximum absolute atomic E-state index is 12.8. The van der Waals surface area contributed by atoms with E-state index in [0.717, 1.165) is 17.8 Å². The average Bonchev–Trinajstić information content (AvgIpc) is 3.46. The Hall–Kier alpha value is -4.06. The van der Waals surface area contributed by atoms with Crippen LogP contribution >= 0.6 is 0 Å². The van der Waals surface area contributed by atoms with Crippen LogP contribution in [0.3, 0.4) is 0 Å². The summed E-state index contributed by atoms with van der Waals surface area (Å²) >= 11 is 0. The Bertz CT molecular complexity index is 1300. The number of imidazole rings is 1. The fourth-order valence-corrected chi connectivity index (χ4v) is 4.90. The second-order valence-electron chi connectivity index (χ2n) is 8.70. The Morgan fingerprint density at radius 1 is 1.09 bits per heavy atom. The number of hydrogen-bond donors (Lipinski definition) is 2. The summed E-state index contributed by atoms with van der Waals surface area (Å²) in [5.41, 5.74) is 6.46. The van der Waals surface area contributed by atoms with Crippen LogP contribution < -0.4 is 15.4 Å². The third-order valence-corrected chi connectivity index (χ3v) is 6.45. The van der Waals surface area contributed by atoms with Gasteiger partial charge in [0.1, 0.15) is 5.75 Å². The van der Waals surface area contributed by atoms with Crippen LogP contribution in [0.15, 0.2) is 85.3 Å². The molecule has 1 heterocycles. The van der Waals surface area contributed by atoms with E-state index in [-0.39, 0.29) is 11.9 Å². The number of benzene rings is 3. The van der Waals surface area contributed by atoms with E-state index in [1.807, 2.05) is 42.0 Å². The van der Waals surface area contributed by atoms with Gasteiger partial charge >= 0.3 is 6.03 Å². The molecule has 34 heavy (non-hydrogen) atoms. The molecule has 1 aliphatic rings. The minimum atomic E-state index is -0.226. The van der Waals surface area contributed by atoms with Gasteiger partial charge in [-0.3, -0.25) is 0 Å². The number of nitrogens with one attached hydrogen (secondary N) is 2. The molecule has 1 aliphatic carbocycles. The molecule has 0 bridgehead atoms. The molecule has 172 valence electrons. The Balaban J connectivity index is 1.27. The minimum Gasteiger partial charge on any atom is -0.494 e. The SMILES string of the molecule is COc1cc(NC(=O)NCC2Cc3ccccc3C2c2ccccc2)ccc1-n1cnc(C)c1. The lowest BCUT2D eigenvalue weighted by atomic mass is 9.86. The van der Waals surface area contributed by atoms with E-state index in [1.54, 1.807) is 13.4 Å². The first kappa shape index (κ1) is 21.8. The Kier molecular flexibility index (Phi) is 6.04. The monoisotopic (exact) mass is 452 g/mol. The number of hydrogen-bond acceptors (Lipinski definition) is 3. The third kappa shape index (κ3) is 4.39. The van der Waals surface area contributed by atoms with Gasteiger partial charge < -0.3 is 19.9 Å². The van der Waals surface area contributed by atoms with Crippen molar-refractivity contribution in [1.29, 1.82) is 0 Å². The van der Waals surface area contributed by atoms with Crippen LogP contribution in [0.5, 0.6) is 5.75 Å². The summed E-state index contributed by atoms with van der Waals surface area (Å²) in [5, 5.41) is 6.03. The minimum absolute atomic E-state index is 0.226. The highest BCUT2D eigenvalue weighted by atomic mass is 16.5. The van der Waals surface area contributed by atoms with Crippen molar-refractivity contribution in [2.45, 2.75) is 19.3 Å². The van der Waals surface area contributed by atoms with Gasteiger partial charge in [0.25, 0.3) is 0 Å². The molecule has 0 saturated heterocycles. The van der Waals surface area contributed by atoms with Gasteiger partial charge in [-0.25, -0.2) is 9.78 Å². The quantitative estimate of drug-likeness (QED) is 0.416. The smallest absolute Gasteiger partial charge is 0.319 e. The first-order valence-corrected chi connectivity index (χ1v) is 11.5. The second kappa shape index (κ2) is 9.43. The maximum atomic E-state index is 12.8. The lowest BCUT2D eigenvalue weighted by Crippen LogP contribution is -2.34. The van der Waals surface area contributed by atoms with Crippen LogP contribution in [0.1, 0.15) is 28.3 Å². The highest BCUT2D eigenvalue weighted by Crippen LogP contribution is 2.42. The molecule has 0 saturated carbocycles. The molecule has 1 aromatic heterocycles. The number of rotatable bonds is 6. The number of carbonyl (C=O) groups excluding carboxylic acids is 1. The summed E-state index contributed by atoms with van der Waals surface area (Å²) in [6.45, 7) is 2.53. The zero-order valence-electron chi connectivity index (χ0n) is 19.4. The molecule has 2 unspecified atom stereocenters. The Morgan fingerprint density at radius 3 is 2.65 bits per heavy atom. The van der Waals surface area contributed by atoms with Gasteiger partial charge in [0.15, 0.2) is 0 Å². The van der Waals surface area contributed by atoms with Crippen LogP contribution in [0.25, 0.3) is 5.69 Å². The molecule has 0 radical (unpaired) electrons. The van der Waals surface area contributed by atoms with Crippen molar-refractivity contribution in [3.05, 3.63) is 108 Å². The number of nitrogens with zero attached hydrogens (tertiary/aromatic N) is 2. The molecule has 2 atom stereocenters. The number of amides is 2. The number of anilines is 1. The summed E-state index contributed by atoms with van der Waals surface area (Å²) in [6, 6.07) is 24.5. The standard InChI is InChI=1S/C28H28N4O2/c1-19-17-32(18-30-19)25-13-12-23(15-26(25)34-2)31-28(33)29-16-22-14-21-10-6-7-11-24(21)27(22)20-8-4-3-5-9-20/h3-13,15,17-18,22,27H,14,16H2,1-2H3,(H2,29,31,33). The van der Waals surface area contributed by atoms with Crippen LogP contribution in [-0.4, -0.2) is 29.2 Å². The number of aryl methyl sites for hydroxylation is 1. The zero-order chi connectivity index (χ0) is 23.5. The fourth-order valence-electron chi connectivity index (χ4n) is 4.90. The molecule has 0 aliphatic heterocycles. The highest BCUT2D eigenvalue weighted by molar-refractivity contribution is 5.89. The predicted octanol–water partition coefficient (Wildman–Crippen LogP) is 5.32. The van der Waals surface area contributed by atoms with Crippen LogP contribution in [-0.2, 0) is 6.42 Å². The topological polar surface area (TPSA) is 68.2 Å². The molecule has 3 aromatic carbocycles. The first-order valence-electron chi connectivity index (χ1n) is 11.5. The molecule has 0 fully saturated rings. The van der Waals surface area contributed by atoms with Gasteiger partial charge in [-0.05, 0) is 48.1 Å². The van der Waals surface area contributed by atoms with Gasteiger partial charge in [-0.15, -0.1) is 0 Å². The van der Waals surface area contributed by atoms with E-state index in [0.29, 0.717) is 23.9 Å². The first-order chi connectivity index (χ1) is 16.6. The number of carbonyl (C=O) groups is 1. The summed E-state index contributed by atoms with van der Waals surface area (Å²) in [4.78, 5) is 17.0. The van der Waals surface area contributed by atoms with E-state index >= 15 is 0 Å². The molecule has 0 spiro atoms. The zero-order valence-corrected chi connectivity index (χ0v) is 19.4. The normalized spacial score (nSPS) is 16.6.